The van der Waals surface area contributed by atoms with Crippen LogP contribution in [-0.2, 0) is 9.53 Å². The highest BCUT2D eigenvalue weighted by Crippen LogP contribution is 2.18. The van der Waals surface area contributed by atoms with Gasteiger partial charge in [0.1, 0.15) is 5.69 Å². The Hall–Kier alpha value is -2.02. The highest BCUT2D eigenvalue weighted by atomic mass is 16.5. The van der Waals surface area contributed by atoms with E-state index in [4.69, 9.17) is 4.74 Å². The molecule has 1 aliphatic rings. The van der Waals surface area contributed by atoms with Crippen LogP contribution in [-0.4, -0.2) is 59.5 Å². The van der Waals surface area contributed by atoms with E-state index in [0.717, 1.165) is 0 Å². The molecule has 0 saturated carbocycles. The van der Waals surface area contributed by atoms with E-state index in [1.807, 2.05) is 6.92 Å². The van der Waals surface area contributed by atoms with Crippen molar-refractivity contribution in [2.24, 2.45) is 5.92 Å². The second kappa shape index (κ2) is 6.42. The van der Waals surface area contributed by atoms with E-state index in [9.17, 15) is 9.59 Å². The summed E-state index contributed by atoms with van der Waals surface area (Å²) in [6.07, 6.45) is 4.42. The fourth-order valence-corrected chi connectivity index (χ4v) is 2.03. The highest BCUT2D eigenvalue weighted by Gasteiger charge is 2.36. The molecule has 2 amide bonds. The van der Waals surface area contributed by atoms with Crippen LogP contribution in [0.3, 0.4) is 0 Å². The third kappa shape index (κ3) is 3.30. The van der Waals surface area contributed by atoms with Gasteiger partial charge in [-0.2, -0.15) is 0 Å². The zero-order valence-corrected chi connectivity index (χ0v) is 11.6. The molecule has 7 heteroatoms. The molecular weight excluding hydrogens is 260 g/mol. The molecule has 2 rings (SSSR count). The van der Waals surface area contributed by atoms with Crippen LogP contribution in [0.1, 0.15) is 17.4 Å². The molecule has 0 aromatic carbocycles. The summed E-state index contributed by atoms with van der Waals surface area (Å²) in [6.45, 7) is 3.19. The van der Waals surface area contributed by atoms with Gasteiger partial charge in [-0.3, -0.25) is 14.6 Å². The summed E-state index contributed by atoms with van der Waals surface area (Å²) >= 11 is 0. The number of nitrogens with zero attached hydrogens (tertiary/aromatic N) is 3. The number of hydrogen-bond acceptors (Lipinski definition) is 5. The molecule has 1 aromatic rings. The summed E-state index contributed by atoms with van der Waals surface area (Å²) in [5.41, 5.74) is 0.305. The van der Waals surface area contributed by atoms with E-state index in [0.29, 0.717) is 25.4 Å². The quantitative estimate of drug-likeness (QED) is 0.799. The van der Waals surface area contributed by atoms with E-state index < -0.39 is 0 Å². The van der Waals surface area contributed by atoms with Crippen molar-refractivity contribution in [2.45, 2.75) is 13.0 Å². The average molecular weight is 278 g/mol. The Morgan fingerprint density at radius 2 is 2.25 bits per heavy atom. The summed E-state index contributed by atoms with van der Waals surface area (Å²) in [5, 5.41) is 2.85. The van der Waals surface area contributed by atoms with Gasteiger partial charge < -0.3 is 15.0 Å². The first-order chi connectivity index (χ1) is 9.61. The lowest BCUT2D eigenvalue weighted by molar-refractivity contribution is -0.130. The number of likely N-dealkylation sites (tertiary alicyclic amines) is 1. The maximum Gasteiger partial charge on any atom is 0.274 e. The highest BCUT2D eigenvalue weighted by molar-refractivity contribution is 5.94. The molecule has 1 aliphatic heterocycles. The average Bonchev–Trinajstić information content (AvgIpc) is 2.38. The molecule has 1 atom stereocenters. The van der Waals surface area contributed by atoms with Gasteiger partial charge in [-0.15, -0.1) is 0 Å². The van der Waals surface area contributed by atoms with Crippen LogP contribution in [0.5, 0.6) is 0 Å². The Bertz CT molecular complexity index is 474. The number of hydrogen-bond donors (Lipinski definition) is 1. The minimum absolute atomic E-state index is 0.0303. The molecule has 108 valence electrons. The SMILES string of the molecule is COCC(C)NC(=O)C1CN(C(=O)c2cnccn2)C1. The van der Waals surface area contributed by atoms with Crippen LogP contribution in [0, 0.1) is 5.92 Å². The number of carbonyl (C=O) groups excluding carboxylic acids is 2. The van der Waals surface area contributed by atoms with Gasteiger partial charge in [0.25, 0.3) is 5.91 Å². The molecule has 7 nitrogen and oxygen atoms in total. The van der Waals surface area contributed by atoms with Crippen molar-refractivity contribution in [1.82, 2.24) is 20.2 Å². The zero-order valence-electron chi connectivity index (χ0n) is 11.6. The van der Waals surface area contributed by atoms with Crippen LogP contribution >= 0.6 is 0 Å². The number of amides is 2. The molecular formula is C13H18N4O3. The molecule has 0 spiro atoms. The van der Waals surface area contributed by atoms with Crippen LogP contribution in [0.2, 0.25) is 0 Å². The number of rotatable bonds is 5. The van der Waals surface area contributed by atoms with Crippen molar-refractivity contribution < 1.29 is 14.3 Å². The van der Waals surface area contributed by atoms with Crippen molar-refractivity contribution in [3.63, 3.8) is 0 Å². The molecule has 1 N–H and O–H groups in total. The van der Waals surface area contributed by atoms with Gasteiger partial charge in [-0.05, 0) is 6.92 Å². The molecule has 1 aromatic heterocycles. The van der Waals surface area contributed by atoms with Crippen molar-refractivity contribution in [3.8, 4) is 0 Å². The molecule has 1 unspecified atom stereocenters. The lowest BCUT2D eigenvalue weighted by Crippen LogP contribution is -2.57. The Morgan fingerprint density at radius 3 is 2.85 bits per heavy atom. The minimum Gasteiger partial charge on any atom is -0.383 e. The van der Waals surface area contributed by atoms with Crippen LogP contribution in [0.25, 0.3) is 0 Å². The zero-order chi connectivity index (χ0) is 14.5. The summed E-state index contributed by atoms with van der Waals surface area (Å²) in [6, 6.07) is -0.0303. The standard InChI is InChI=1S/C13H18N4O3/c1-9(8-20-2)16-12(18)10-6-17(7-10)13(19)11-5-14-3-4-15-11/h3-5,9-10H,6-8H2,1-2H3,(H,16,18). The lowest BCUT2D eigenvalue weighted by atomic mass is 9.98. The summed E-state index contributed by atoms with van der Waals surface area (Å²) in [7, 11) is 1.59. The first-order valence-corrected chi connectivity index (χ1v) is 6.46. The van der Waals surface area contributed by atoms with Crippen LogP contribution in [0.15, 0.2) is 18.6 Å². The Labute approximate surface area is 117 Å². The van der Waals surface area contributed by atoms with Gasteiger partial charge in [0, 0.05) is 38.6 Å². The van der Waals surface area contributed by atoms with Gasteiger partial charge >= 0.3 is 0 Å². The molecule has 1 saturated heterocycles. The topological polar surface area (TPSA) is 84.4 Å². The fraction of sp³-hybridized carbons (Fsp3) is 0.538. The summed E-state index contributed by atoms with van der Waals surface area (Å²) < 4.78 is 4.96. The number of nitrogens with one attached hydrogen (secondary N) is 1. The Kier molecular flexibility index (Phi) is 4.62. The minimum atomic E-state index is -0.188. The number of methoxy groups -OCH3 is 1. The van der Waals surface area contributed by atoms with E-state index in [1.165, 1.54) is 18.6 Å². The van der Waals surface area contributed by atoms with E-state index in [-0.39, 0.29) is 23.8 Å². The first kappa shape index (κ1) is 14.4. The molecule has 1 fully saturated rings. The van der Waals surface area contributed by atoms with E-state index in [2.05, 4.69) is 15.3 Å². The van der Waals surface area contributed by atoms with Gasteiger partial charge in [-0.25, -0.2) is 4.98 Å². The lowest BCUT2D eigenvalue weighted by Gasteiger charge is -2.38. The van der Waals surface area contributed by atoms with E-state index in [1.54, 1.807) is 12.0 Å². The van der Waals surface area contributed by atoms with Crippen molar-refractivity contribution >= 4 is 11.8 Å². The van der Waals surface area contributed by atoms with Crippen LogP contribution < -0.4 is 5.32 Å². The van der Waals surface area contributed by atoms with Gasteiger partial charge in [0.2, 0.25) is 5.91 Å². The number of ether oxygens (including phenoxy) is 1. The molecule has 0 aliphatic carbocycles. The number of aromatic nitrogens is 2. The van der Waals surface area contributed by atoms with Gasteiger partial charge in [-0.1, -0.05) is 0 Å². The van der Waals surface area contributed by atoms with Crippen molar-refractivity contribution in [1.29, 1.82) is 0 Å². The normalized spacial score (nSPS) is 16.4. The fourth-order valence-electron chi connectivity index (χ4n) is 2.03. The second-order valence-corrected chi connectivity index (χ2v) is 4.86. The van der Waals surface area contributed by atoms with Crippen molar-refractivity contribution in [3.05, 3.63) is 24.3 Å². The molecule has 2 heterocycles. The molecule has 20 heavy (non-hydrogen) atoms. The third-order valence-corrected chi connectivity index (χ3v) is 3.13. The largest absolute Gasteiger partial charge is 0.383 e. The number of carbonyl (C=O) groups is 2. The molecule has 0 radical (unpaired) electrons. The predicted octanol–water partition coefficient (Wildman–Crippen LogP) is -0.300. The van der Waals surface area contributed by atoms with Crippen LogP contribution in [0.4, 0.5) is 0 Å². The second-order valence-electron chi connectivity index (χ2n) is 4.86. The smallest absolute Gasteiger partial charge is 0.274 e. The van der Waals surface area contributed by atoms with Gasteiger partial charge in [0.05, 0.1) is 18.7 Å². The predicted molar refractivity (Wildman–Crippen MR) is 70.9 cm³/mol. The maximum absolute atomic E-state index is 12.0. The monoisotopic (exact) mass is 278 g/mol. The van der Waals surface area contributed by atoms with Gasteiger partial charge in [0.15, 0.2) is 0 Å². The maximum atomic E-state index is 12.0. The third-order valence-electron chi connectivity index (χ3n) is 3.13. The van der Waals surface area contributed by atoms with E-state index >= 15 is 0 Å². The van der Waals surface area contributed by atoms with Crippen molar-refractivity contribution in [2.75, 3.05) is 26.8 Å². The summed E-state index contributed by atoms with van der Waals surface area (Å²) in [5.74, 6) is -0.389. The summed E-state index contributed by atoms with van der Waals surface area (Å²) in [4.78, 5) is 33.3. The Balaban J connectivity index is 1.80. The first-order valence-electron chi connectivity index (χ1n) is 6.46. The molecule has 0 bridgehead atoms. The Morgan fingerprint density at radius 1 is 1.50 bits per heavy atom.